The lowest BCUT2D eigenvalue weighted by molar-refractivity contribution is -0.138. The van der Waals surface area contributed by atoms with E-state index in [1.54, 1.807) is 31.0 Å². The highest BCUT2D eigenvalue weighted by atomic mass is 35.5. The third kappa shape index (κ3) is 5.59. The van der Waals surface area contributed by atoms with E-state index >= 15 is 0 Å². The van der Waals surface area contributed by atoms with Crippen LogP contribution in [0.4, 0.5) is 0 Å². The molecule has 1 rings (SSSR count). The topological polar surface area (TPSA) is 69.6 Å². The van der Waals surface area contributed by atoms with Crippen molar-refractivity contribution in [1.29, 1.82) is 0 Å². The van der Waals surface area contributed by atoms with Gasteiger partial charge in [-0.05, 0) is 31.7 Å². The highest BCUT2D eigenvalue weighted by molar-refractivity contribution is 6.30. The number of halogens is 1. The van der Waals surface area contributed by atoms with Gasteiger partial charge in [-0.2, -0.15) is 0 Å². The molecule has 5 nitrogen and oxygen atoms in total. The number of carboxylic acids is 1. The average molecular weight is 299 g/mol. The molecule has 1 amide bonds. The van der Waals surface area contributed by atoms with E-state index in [4.69, 9.17) is 16.7 Å². The second kappa shape index (κ2) is 7.87. The molecule has 110 valence electrons. The van der Waals surface area contributed by atoms with Gasteiger partial charge >= 0.3 is 5.97 Å². The molecule has 6 heteroatoms. The van der Waals surface area contributed by atoms with Gasteiger partial charge in [0, 0.05) is 18.1 Å². The molecule has 0 aliphatic carbocycles. The summed E-state index contributed by atoms with van der Waals surface area (Å²) in [5.74, 6) is -1.00. The van der Waals surface area contributed by atoms with Crippen molar-refractivity contribution in [3.8, 4) is 0 Å². The molecule has 0 fully saturated rings. The van der Waals surface area contributed by atoms with Gasteiger partial charge in [-0.15, -0.1) is 0 Å². The van der Waals surface area contributed by atoms with Crippen LogP contribution in [-0.2, 0) is 16.1 Å². The number of hydrogen-bond acceptors (Lipinski definition) is 3. The van der Waals surface area contributed by atoms with Crippen LogP contribution in [0, 0.1) is 0 Å². The number of likely N-dealkylation sites (N-methyl/N-ethyl adjacent to an activating group) is 1. The molecule has 0 aliphatic heterocycles. The highest BCUT2D eigenvalue weighted by Gasteiger charge is 2.18. The van der Waals surface area contributed by atoms with Crippen molar-refractivity contribution in [2.24, 2.45) is 0 Å². The molecule has 0 spiro atoms. The molecule has 0 aliphatic rings. The summed E-state index contributed by atoms with van der Waals surface area (Å²) in [6, 6.07) is 6.86. The fourth-order valence-corrected chi connectivity index (χ4v) is 1.73. The standard InChI is InChI=1S/C14H19ClN2O3/c1-10(17(2)8-7-13(18)19)14(20)16-9-11-3-5-12(15)6-4-11/h3-6,10H,7-9H2,1-2H3,(H,16,20)(H,18,19). The predicted octanol–water partition coefficient (Wildman–Crippen LogP) is 1.75. The van der Waals surface area contributed by atoms with Gasteiger partial charge in [0.15, 0.2) is 0 Å². The number of carbonyl (C=O) groups excluding carboxylic acids is 1. The maximum atomic E-state index is 11.9. The zero-order valence-electron chi connectivity index (χ0n) is 11.6. The number of nitrogens with zero attached hydrogens (tertiary/aromatic N) is 1. The van der Waals surface area contributed by atoms with Crippen LogP contribution in [0.15, 0.2) is 24.3 Å². The number of hydrogen-bond donors (Lipinski definition) is 2. The number of aliphatic carboxylic acids is 1. The normalized spacial score (nSPS) is 12.2. The van der Waals surface area contributed by atoms with Crippen LogP contribution in [0.25, 0.3) is 0 Å². The molecule has 1 aromatic carbocycles. The monoisotopic (exact) mass is 298 g/mol. The molecule has 1 unspecified atom stereocenters. The third-order valence-electron chi connectivity index (χ3n) is 3.10. The minimum Gasteiger partial charge on any atom is -0.481 e. The smallest absolute Gasteiger partial charge is 0.304 e. The number of benzene rings is 1. The highest BCUT2D eigenvalue weighted by Crippen LogP contribution is 2.09. The van der Waals surface area contributed by atoms with Crippen molar-refractivity contribution in [2.45, 2.75) is 25.9 Å². The van der Waals surface area contributed by atoms with Crippen LogP contribution in [0.3, 0.4) is 0 Å². The van der Waals surface area contributed by atoms with Crippen molar-refractivity contribution in [3.63, 3.8) is 0 Å². The summed E-state index contributed by atoms with van der Waals surface area (Å²) in [4.78, 5) is 24.2. The van der Waals surface area contributed by atoms with Crippen molar-refractivity contribution in [3.05, 3.63) is 34.9 Å². The minimum atomic E-state index is -0.870. The van der Waals surface area contributed by atoms with Crippen LogP contribution in [-0.4, -0.2) is 41.5 Å². The van der Waals surface area contributed by atoms with Gasteiger partial charge < -0.3 is 10.4 Å². The van der Waals surface area contributed by atoms with Gasteiger partial charge in [0.05, 0.1) is 12.5 Å². The van der Waals surface area contributed by atoms with E-state index in [2.05, 4.69) is 5.32 Å². The zero-order valence-corrected chi connectivity index (χ0v) is 12.4. The van der Waals surface area contributed by atoms with E-state index in [1.165, 1.54) is 0 Å². The molecule has 20 heavy (non-hydrogen) atoms. The molecule has 1 atom stereocenters. The van der Waals surface area contributed by atoms with Gasteiger partial charge in [-0.25, -0.2) is 0 Å². The zero-order chi connectivity index (χ0) is 15.1. The molecular formula is C14H19ClN2O3. The summed E-state index contributed by atoms with van der Waals surface area (Å²) < 4.78 is 0. The van der Waals surface area contributed by atoms with Crippen LogP contribution >= 0.6 is 11.6 Å². The second-order valence-corrected chi connectivity index (χ2v) is 5.08. The van der Waals surface area contributed by atoms with E-state index < -0.39 is 5.97 Å². The van der Waals surface area contributed by atoms with Crippen molar-refractivity contribution >= 4 is 23.5 Å². The van der Waals surface area contributed by atoms with Crippen LogP contribution in [0.5, 0.6) is 0 Å². The van der Waals surface area contributed by atoms with E-state index in [9.17, 15) is 9.59 Å². The molecule has 0 bridgehead atoms. The van der Waals surface area contributed by atoms with E-state index in [0.29, 0.717) is 18.1 Å². The van der Waals surface area contributed by atoms with Crippen molar-refractivity contribution in [1.82, 2.24) is 10.2 Å². The molecule has 0 saturated carbocycles. The number of amides is 1. The fourth-order valence-electron chi connectivity index (χ4n) is 1.60. The van der Waals surface area contributed by atoms with Gasteiger partial charge in [-0.3, -0.25) is 14.5 Å². The predicted molar refractivity (Wildman–Crippen MR) is 77.6 cm³/mol. The molecule has 0 saturated heterocycles. The first kappa shape index (κ1) is 16.5. The van der Waals surface area contributed by atoms with E-state index in [-0.39, 0.29) is 18.4 Å². The Morgan fingerprint density at radius 3 is 2.50 bits per heavy atom. The maximum Gasteiger partial charge on any atom is 0.304 e. The van der Waals surface area contributed by atoms with Gasteiger partial charge in [0.1, 0.15) is 0 Å². The lowest BCUT2D eigenvalue weighted by Crippen LogP contribution is -2.43. The van der Waals surface area contributed by atoms with Gasteiger partial charge in [0.2, 0.25) is 5.91 Å². The summed E-state index contributed by atoms with van der Waals surface area (Å²) in [6.45, 7) is 2.51. The summed E-state index contributed by atoms with van der Waals surface area (Å²) in [5.41, 5.74) is 0.961. The molecule has 0 radical (unpaired) electrons. The quantitative estimate of drug-likeness (QED) is 0.804. The van der Waals surface area contributed by atoms with Gasteiger partial charge in [0.25, 0.3) is 0 Å². The van der Waals surface area contributed by atoms with Crippen LogP contribution in [0.1, 0.15) is 18.9 Å². The first-order valence-corrected chi connectivity index (χ1v) is 6.72. The average Bonchev–Trinajstić information content (AvgIpc) is 2.42. The molecule has 1 aromatic rings. The Hall–Kier alpha value is -1.59. The Labute approximate surface area is 123 Å². The molecular weight excluding hydrogens is 280 g/mol. The first-order chi connectivity index (χ1) is 9.40. The van der Waals surface area contributed by atoms with Crippen LogP contribution < -0.4 is 5.32 Å². The number of nitrogens with one attached hydrogen (secondary N) is 1. The number of carbonyl (C=O) groups is 2. The third-order valence-corrected chi connectivity index (χ3v) is 3.35. The van der Waals surface area contributed by atoms with Crippen molar-refractivity contribution in [2.75, 3.05) is 13.6 Å². The largest absolute Gasteiger partial charge is 0.481 e. The lowest BCUT2D eigenvalue weighted by Gasteiger charge is -2.23. The Morgan fingerprint density at radius 2 is 1.95 bits per heavy atom. The number of rotatable bonds is 7. The van der Waals surface area contributed by atoms with Crippen LogP contribution in [0.2, 0.25) is 5.02 Å². The Balaban J connectivity index is 2.41. The Bertz CT molecular complexity index is 462. The minimum absolute atomic E-state index is 0.0192. The molecule has 0 heterocycles. The summed E-state index contributed by atoms with van der Waals surface area (Å²) in [6.07, 6.45) is 0.0192. The Morgan fingerprint density at radius 1 is 1.35 bits per heavy atom. The summed E-state index contributed by atoms with van der Waals surface area (Å²) in [5, 5.41) is 12.1. The summed E-state index contributed by atoms with van der Waals surface area (Å²) >= 11 is 5.78. The van der Waals surface area contributed by atoms with E-state index in [0.717, 1.165) is 5.56 Å². The molecule has 0 aromatic heterocycles. The SMILES string of the molecule is CC(C(=O)NCc1ccc(Cl)cc1)N(C)CCC(=O)O. The maximum absolute atomic E-state index is 11.9. The number of carboxylic acid groups (broad SMARTS) is 1. The fraction of sp³-hybridized carbons (Fsp3) is 0.429. The first-order valence-electron chi connectivity index (χ1n) is 6.34. The molecule has 2 N–H and O–H groups in total. The lowest BCUT2D eigenvalue weighted by atomic mass is 10.2. The second-order valence-electron chi connectivity index (χ2n) is 4.64. The van der Waals surface area contributed by atoms with E-state index in [1.807, 2.05) is 12.1 Å². The van der Waals surface area contributed by atoms with Crippen molar-refractivity contribution < 1.29 is 14.7 Å². The Kier molecular flexibility index (Phi) is 6.48. The summed E-state index contributed by atoms with van der Waals surface area (Å²) in [7, 11) is 1.73. The van der Waals surface area contributed by atoms with Gasteiger partial charge in [-0.1, -0.05) is 23.7 Å².